The van der Waals surface area contributed by atoms with Crippen LogP contribution in [0.15, 0.2) is 48.6 Å². The van der Waals surface area contributed by atoms with Crippen LogP contribution in [0.2, 0.25) is 5.02 Å². The van der Waals surface area contributed by atoms with Crippen molar-refractivity contribution < 1.29 is 22.7 Å². The minimum Gasteiger partial charge on any atom is -0.490 e. The van der Waals surface area contributed by atoms with Crippen LogP contribution in [0.4, 0.5) is 5.69 Å². The first-order valence-corrected chi connectivity index (χ1v) is 21.8. The van der Waals surface area contributed by atoms with Crippen molar-refractivity contribution >= 4 is 33.2 Å². The number of anilines is 1. The van der Waals surface area contributed by atoms with E-state index in [1.54, 1.807) is 13.0 Å². The molecule has 0 radical (unpaired) electrons. The fourth-order valence-corrected chi connectivity index (χ4v) is 11.4. The van der Waals surface area contributed by atoms with Gasteiger partial charge < -0.3 is 24.2 Å². The van der Waals surface area contributed by atoms with Crippen molar-refractivity contribution in [2.24, 2.45) is 17.8 Å². The van der Waals surface area contributed by atoms with Gasteiger partial charge in [-0.1, -0.05) is 36.7 Å². The first-order chi connectivity index (χ1) is 25.3. The SMILES string of the molecule is CCO[C@@]1(CN2CCC(N(C)C)CC2)/C=C\C[C@H](C)[C@@H](C)S(=O)(=O)NC(=O)c2ccc3c(c2)N(C[C@@H]2CC[C@H]21)C[C@@]1(CCCc2cc(Cl)ccc21)CO3. The predicted molar refractivity (Wildman–Crippen MR) is 213 cm³/mol. The van der Waals surface area contributed by atoms with E-state index in [0.29, 0.717) is 37.2 Å². The lowest BCUT2D eigenvalue weighted by Crippen LogP contribution is -2.58. The van der Waals surface area contributed by atoms with Gasteiger partial charge in [-0.15, -0.1) is 0 Å². The Hall–Kier alpha value is -2.63. The molecule has 3 heterocycles. The van der Waals surface area contributed by atoms with Crippen molar-refractivity contribution in [3.8, 4) is 5.75 Å². The van der Waals surface area contributed by atoms with E-state index >= 15 is 0 Å². The number of benzene rings is 2. The van der Waals surface area contributed by atoms with Crippen molar-refractivity contribution in [2.45, 2.75) is 94.4 Å². The van der Waals surface area contributed by atoms with Crippen LogP contribution in [0.1, 0.15) is 87.2 Å². The Morgan fingerprint density at radius 1 is 1.08 bits per heavy atom. The van der Waals surface area contributed by atoms with Crippen molar-refractivity contribution in [3.63, 3.8) is 0 Å². The summed E-state index contributed by atoms with van der Waals surface area (Å²) in [5, 5.41) is -0.0195. The van der Waals surface area contributed by atoms with Crippen LogP contribution in [0.3, 0.4) is 0 Å². The Labute approximate surface area is 322 Å². The molecule has 1 amide bonds. The number of fused-ring (bicyclic) bond motifs is 4. The van der Waals surface area contributed by atoms with Gasteiger partial charge in [0.05, 0.1) is 17.5 Å². The van der Waals surface area contributed by atoms with Crippen LogP contribution in [-0.4, -0.2) is 101 Å². The maximum atomic E-state index is 13.7. The van der Waals surface area contributed by atoms with E-state index in [2.05, 4.69) is 64.7 Å². The van der Waals surface area contributed by atoms with Crippen LogP contribution in [0, 0.1) is 17.8 Å². The van der Waals surface area contributed by atoms with E-state index in [0.717, 1.165) is 94.1 Å². The van der Waals surface area contributed by atoms with Crippen molar-refractivity contribution in [1.29, 1.82) is 0 Å². The number of ether oxygens (including phenoxy) is 2. The van der Waals surface area contributed by atoms with Gasteiger partial charge >= 0.3 is 0 Å². The molecule has 2 aromatic carbocycles. The highest BCUT2D eigenvalue weighted by Crippen LogP contribution is 2.49. The van der Waals surface area contributed by atoms with Gasteiger partial charge in [0.25, 0.3) is 5.91 Å². The number of hydrogen-bond acceptors (Lipinski definition) is 8. The molecule has 6 atom stereocenters. The van der Waals surface area contributed by atoms with Gasteiger partial charge in [-0.25, -0.2) is 13.1 Å². The van der Waals surface area contributed by atoms with Gasteiger partial charge in [0.2, 0.25) is 10.0 Å². The number of aryl methyl sites for hydroxylation is 1. The number of hydrogen-bond donors (Lipinski definition) is 1. The number of nitrogens with zero attached hydrogens (tertiary/aromatic N) is 3. The van der Waals surface area contributed by atoms with E-state index in [1.807, 2.05) is 25.1 Å². The van der Waals surface area contributed by atoms with E-state index in [4.69, 9.17) is 21.1 Å². The van der Waals surface area contributed by atoms with Crippen molar-refractivity contribution in [2.75, 3.05) is 64.9 Å². The van der Waals surface area contributed by atoms with Gasteiger partial charge in [-0.05, 0) is 152 Å². The summed E-state index contributed by atoms with van der Waals surface area (Å²) in [5.74, 6) is 0.533. The zero-order valence-electron chi connectivity index (χ0n) is 32.3. The summed E-state index contributed by atoms with van der Waals surface area (Å²) < 4.78 is 43.4. The Morgan fingerprint density at radius 3 is 2.58 bits per heavy atom. The molecule has 11 heteroatoms. The summed E-state index contributed by atoms with van der Waals surface area (Å²) in [6.07, 6.45) is 12.5. The molecule has 1 saturated carbocycles. The van der Waals surface area contributed by atoms with E-state index in [9.17, 15) is 13.2 Å². The number of sulfonamides is 1. The lowest BCUT2D eigenvalue weighted by atomic mass is 9.63. The average molecular weight is 767 g/mol. The molecule has 1 N–H and O–H groups in total. The molecule has 9 nitrogen and oxygen atoms in total. The normalized spacial score (nSPS) is 32.9. The molecule has 53 heavy (non-hydrogen) atoms. The second kappa shape index (κ2) is 15.5. The Bertz CT molecular complexity index is 1800. The number of carbonyl (C=O) groups excluding carboxylic acids is 1. The standard InChI is InChI=1S/C42H59ClN4O5S/c1-6-52-42(27-46-21-17-35(18-22-46)45(4)5)20-7-9-29(2)30(3)53(49,50)44-40(48)32-12-16-39-38(24-32)47(25-33-11-14-37(33)42)26-41(28-51-39)19-8-10-31-23-34(43)13-15-36(31)41/h7,12-13,15-16,20,23-24,29-30,33,35,37H,6,8-11,14,17-19,21-22,25-28H2,1-5H3,(H,44,48)/b20-7-/t29-,30+,33-,37+,41-,42+/m0/s1. The number of halogens is 1. The molecular weight excluding hydrogens is 708 g/mol. The topological polar surface area (TPSA) is 91.4 Å². The molecule has 1 saturated heterocycles. The van der Waals surface area contributed by atoms with Crippen LogP contribution < -0.4 is 14.4 Å². The number of amides is 1. The first-order valence-electron chi connectivity index (χ1n) is 19.9. The Morgan fingerprint density at radius 2 is 1.87 bits per heavy atom. The number of allylic oxidation sites excluding steroid dienone is 1. The highest BCUT2D eigenvalue weighted by atomic mass is 35.5. The largest absolute Gasteiger partial charge is 0.490 e. The first kappa shape index (κ1) is 38.6. The molecule has 3 aliphatic heterocycles. The molecule has 7 rings (SSSR count). The third-order valence-corrected chi connectivity index (χ3v) is 15.6. The molecular formula is C42H59ClN4O5S. The fraction of sp³-hybridized carbons (Fsp3) is 0.643. The number of likely N-dealkylation sites (tertiary alicyclic amines) is 1. The van der Waals surface area contributed by atoms with Crippen LogP contribution in [-0.2, 0) is 26.6 Å². The molecule has 2 aliphatic carbocycles. The Balaban J connectivity index is 1.30. The van der Waals surface area contributed by atoms with Crippen LogP contribution in [0.25, 0.3) is 0 Å². The Kier molecular flexibility index (Phi) is 11.3. The van der Waals surface area contributed by atoms with E-state index in [-0.39, 0.29) is 17.3 Å². The van der Waals surface area contributed by atoms with E-state index < -0.39 is 26.8 Å². The van der Waals surface area contributed by atoms with E-state index in [1.165, 1.54) is 11.1 Å². The summed E-state index contributed by atoms with van der Waals surface area (Å²) in [4.78, 5) is 21.1. The minimum absolute atomic E-state index is 0.211. The highest BCUT2D eigenvalue weighted by molar-refractivity contribution is 7.90. The summed E-state index contributed by atoms with van der Waals surface area (Å²) in [5.41, 5.74) is 2.96. The number of carbonyl (C=O) groups is 1. The second-order valence-corrected chi connectivity index (χ2v) is 19.4. The number of piperidine rings is 1. The average Bonchev–Trinajstić information content (AvgIpc) is 3.26. The van der Waals surface area contributed by atoms with Gasteiger partial charge in [-0.3, -0.25) is 4.79 Å². The molecule has 290 valence electrons. The van der Waals surface area contributed by atoms with Crippen molar-refractivity contribution in [3.05, 3.63) is 70.3 Å². The van der Waals surface area contributed by atoms with Gasteiger partial charge in [0.1, 0.15) is 11.4 Å². The minimum atomic E-state index is -3.95. The quantitative estimate of drug-likeness (QED) is 0.337. The monoisotopic (exact) mass is 766 g/mol. The number of rotatable bonds is 5. The summed E-state index contributed by atoms with van der Waals surface area (Å²) in [7, 11) is 0.408. The second-order valence-electron chi connectivity index (χ2n) is 16.9. The van der Waals surface area contributed by atoms with Crippen molar-refractivity contribution in [1.82, 2.24) is 14.5 Å². The van der Waals surface area contributed by atoms with Gasteiger partial charge in [0.15, 0.2) is 0 Å². The van der Waals surface area contributed by atoms with Crippen LogP contribution in [0.5, 0.6) is 5.75 Å². The highest BCUT2D eigenvalue weighted by Gasteiger charge is 2.50. The summed E-state index contributed by atoms with van der Waals surface area (Å²) in [6, 6.07) is 12.3. The lowest BCUT2D eigenvalue weighted by molar-refractivity contribution is -0.112. The third-order valence-electron chi connectivity index (χ3n) is 13.4. The maximum absolute atomic E-state index is 13.7. The van der Waals surface area contributed by atoms with Gasteiger partial charge in [0, 0.05) is 48.3 Å². The number of nitrogens with one attached hydrogen (secondary N) is 1. The molecule has 2 aromatic rings. The third kappa shape index (κ3) is 7.77. The fourth-order valence-electron chi connectivity index (χ4n) is 9.94. The molecule has 0 unspecified atom stereocenters. The zero-order chi connectivity index (χ0) is 37.5. The van der Waals surface area contributed by atoms with Crippen LogP contribution >= 0.6 is 11.6 Å². The maximum Gasteiger partial charge on any atom is 0.264 e. The summed E-state index contributed by atoms with van der Waals surface area (Å²) in [6.45, 7) is 11.3. The molecule has 0 aromatic heterocycles. The zero-order valence-corrected chi connectivity index (χ0v) is 33.9. The molecule has 2 fully saturated rings. The molecule has 1 spiro atoms. The lowest BCUT2D eigenvalue weighted by Gasteiger charge is -2.52. The summed E-state index contributed by atoms with van der Waals surface area (Å²) >= 11 is 6.51. The smallest absolute Gasteiger partial charge is 0.264 e. The predicted octanol–water partition coefficient (Wildman–Crippen LogP) is 6.68. The van der Waals surface area contributed by atoms with Gasteiger partial charge in [-0.2, -0.15) is 0 Å². The molecule has 2 bridgehead atoms. The molecule has 5 aliphatic rings.